The number of hydrogen-bond acceptors (Lipinski definition) is 6. The molecule has 1 saturated carbocycles. The molecule has 2 atom stereocenters. The molecule has 3 rings (SSSR count). The second-order valence-corrected chi connectivity index (χ2v) is 25.8. The number of nitrogens with zero attached hydrogens (tertiary/aromatic N) is 1. The fourth-order valence-corrected chi connectivity index (χ4v) is 8.89. The third-order valence-corrected chi connectivity index (χ3v) is 19.8. The summed E-state index contributed by atoms with van der Waals surface area (Å²) in [5.74, 6) is 0.0616. The summed E-state index contributed by atoms with van der Waals surface area (Å²) < 4.78 is 34.4. The number of thiazole rings is 1. The van der Waals surface area contributed by atoms with Crippen LogP contribution in [0.25, 0.3) is 10.2 Å². The standard InChI is InChI=1S/C28H45NO4S2Si2/c1-20-22(19-28(5,6)36(7,8)32)17-21(18-24(20)33-37(9,10)27(2,3)4)15-16-35(30,31)26-29-23-13-11-12-14-25(23)34-26/h11-15,22,24,32H,1,16-19H2,2-10H3/b21-15+/t22-,24+/m0/s1. The maximum absolute atomic E-state index is 13.2. The molecule has 1 heterocycles. The molecular weight excluding hydrogens is 535 g/mol. The number of sulfone groups is 1. The maximum atomic E-state index is 13.2. The lowest BCUT2D eigenvalue weighted by Crippen LogP contribution is -2.46. The van der Waals surface area contributed by atoms with E-state index in [0.29, 0.717) is 11.9 Å². The van der Waals surface area contributed by atoms with Gasteiger partial charge in [0.2, 0.25) is 14.2 Å². The predicted octanol–water partition coefficient (Wildman–Crippen LogP) is 7.72. The smallest absolute Gasteiger partial charge is 0.210 e. The van der Waals surface area contributed by atoms with Crippen molar-refractivity contribution in [2.24, 2.45) is 5.92 Å². The summed E-state index contributed by atoms with van der Waals surface area (Å²) in [6.07, 6.45) is 3.96. The minimum Gasteiger partial charge on any atom is -0.432 e. The van der Waals surface area contributed by atoms with Gasteiger partial charge in [-0.2, -0.15) is 0 Å². The Morgan fingerprint density at radius 1 is 1.14 bits per heavy atom. The van der Waals surface area contributed by atoms with Crippen LogP contribution in [0.4, 0.5) is 0 Å². The van der Waals surface area contributed by atoms with E-state index in [9.17, 15) is 13.2 Å². The van der Waals surface area contributed by atoms with Gasteiger partial charge in [-0.15, -0.1) is 11.3 Å². The lowest BCUT2D eigenvalue weighted by Gasteiger charge is -2.45. The molecule has 0 radical (unpaired) electrons. The molecule has 5 nitrogen and oxygen atoms in total. The normalized spacial score (nSPS) is 21.7. The molecule has 1 aromatic carbocycles. The Morgan fingerprint density at radius 2 is 1.76 bits per heavy atom. The van der Waals surface area contributed by atoms with Gasteiger partial charge >= 0.3 is 0 Å². The summed E-state index contributed by atoms with van der Waals surface area (Å²) in [5, 5.41) is -0.156. The summed E-state index contributed by atoms with van der Waals surface area (Å²) in [6, 6.07) is 7.51. The lowest BCUT2D eigenvalue weighted by atomic mass is 9.76. The van der Waals surface area contributed by atoms with Gasteiger partial charge in [0, 0.05) is 0 Å². The first-order chi connectivity index (χ1) is 16.7. The highest BCUT2D eigenvalue weighted by Crippen LogP contribution is 2.49. The minimum absolute atomic E-state index is 0.0551. The third-order valence-electron chi connectivity index (χ3n) is 8.68. The van der Waals surface area contributed by atoms with Crippen molar-refractivity contribution >= 4 is 48.0 Å². The van der Waals surface area contributed by atoms with Crippen molar-refractivity contribution in [1.29, 1.82) is 0 Å². The molecule has 1 N–H and O–H groups in total. The number of aromatic nitrogens is 1. The van der Waals surface area contributed by atoms with E-state index in [2.05, 4.69) is 59.3 Å². The van der Waals surface area contributed by atoms with Crippen LogP contribution >= 0.6 is 11.3 Å². The van der Waals surface area contributed by atoms with Gasteiger partial charge in [-0.05, 0) is 79.2 Å². The van der Waals surface area contributed by atoms with Crippen LogP contribution in [0.5, 0.6) is 0 Å². The largest absolute Gasteiger partial charge is 0.432 e. The Kier molecular flexibility index (Phi) is 8.61. The molecule has 206 valence electrons. The lowest BCUT2D eigenvalue weighted by molar-refractivity contribution is 0.180. The predicted molar refractivity (Wildman–Crippen MR) is 162 cm³/mol. The van der Waals surface area contributed by atoms with Crippen LogP contribution in [0.2, 0.25) is 36.3 Å². The van der Waals surface area contributed by atoms with E-state index in [-0.39, 0.29) is 32.2 Å². The fourth-order valence-electron chi connectivity index (χ4n) is 4.33. The van der Waals surface area contributed by atoms with Crippen LogP contribution in [-0.2, 0) is 14.3 Å². The first kappa shape index (κ1) is 30.4. The average Bonchev–Trinajstić information content (AvgIpc) is 3.19. The maximum Gasteiger partial charge on any atom is 0.210 e. The van der Waals surface area contributed by atoms with Gasteiger partial charge in [-0.25, -0.2) is 13.4 Å². The Hall–Kier alpha value is -1.11. The van der Waals surface area contributed by atoms with Crippen LogP contribution in [0, 0.1) is 5.92 Å². The van der Waals surface area contributed by atoms with E-state index in [1.165, 1.54) is 11.3 Å². The topological polar surface area (TPSA) is 76.5 Å². The van der Waals surface area contributed by atoms with Gasteiger partial charge in [-0.3, -0.25) is 0 Å². The van der Waals surface area contributed by atoms with Gasteiger partial charge in [0.05, 0.1) is 22.1 Å². The summed E-state index contributed by atoms with van der Waals surface area (Å²) in [7, 11) is -8.04. The first-order valence-corrected chi connectivity index (χ1v) is 21.4. The van der Waals surface area contributed by atoms with Gasteiger partial charge in [0.15, 0.2) is 16.6 Å². The monoisotopic (exact) mass is 579 g/mol. The van der Waals surface area contributed by atoms with Crippen molar-refractivity contribution in [2.45, 2.75) is 101 Å². The van der Waals surface area contributed by atoms with Crippen LogP contribution < -0.4 is 0 Å². The number of hydrogen-bond donors (Lipinski definition) is 1. The van der Waals surface area contributed by atoms with Crippen molar-refractivity contribution < 1.29 is 17.6 Å². The van der Waals surface area contributed by atoms with E-state index in [1.54, 1.807) is 0 Å². The van der Waals surface area contributed by atoms with Crippen molar-refractivity contribution in [3.63, 3.8) is 0 Å². The number of fused-ring (bicyclic) bond motifs is 1. The SMILES string of the molecule is C=C1[C@H](CC(C)(C)[Si](C)(C)O)C/C(=C\CS(=O)(=O)c2nc3ccccc3s2)C[C@H]1O[Si](C)(C)C(C)(C)C. The van der Waals surface area contributed by atoms with Gasteiger partial charge < -0.3 is 9.22 Å². The Bertz CT molecular complexity index is 1210. The molecule has 0 saturated heterocycles. The first-order valence-electron chi connectivity index (χ1n) is 13.1. The second-order valence-electron chi connectivity index (χ2n) is 13.3. The van der Waals surface area contributed by atoms with Crippen molar-refractivity contribution in [3.8, 4) is 0 Å². The molecule has 0 amide bonds. The van der Waals surface area contributed by atoms with Gasteiger partial charge in [-0.1, -0.05) is 65.0 Å². The zero-order valence-corrected chi connectivity index (χ0v) is 27.6. The average molecular weight is 580 g/mol. The summed E-state index contributed by atoms with van der Waals surface area (Å²) >= 11 is 1.23. The highest BCUT2D eigenvalue weighted by molar-refractivity contribution is 7.93. The fraction of sp³-hybridized carbons (Fsp3) is 0.607. The van der Waals surface area contributed by atoms with E-state index >= 15 is 0 Å². The van der Waals surface area contributed by atoms with E-state index < -0.39 is 26.5 Å². The zero-order valence-electron chi connectivity index (χ0n) is 24.0. The molecule has 9 heteroatoms. The van der Waals surface area contributed by atoms with Crippen LogP contribution in [0.15, 0.2) is 52.4 Å². The van der Waals surface area contributed by atoms with E-state index in [1.807, 2.05) is 43.4 Å². The molecule has 0 unspecified atom stereocenters. The highest BCUT2D eigenvalue weighted by Gasteiger charge is 2.45. The molecule has 0 spiro atoms. The van der Waals surface area contributed by atoms with E-state index in [0.717, 1.165) is 28.7 Å². The Balaban J connectivity index is 1.91. The second kappa shape index (κ2) is 10.5. The minimum atomic E-state index is -3.54. The summed E-state index contributed by atoms with van der Waals surface area (Å²) in [5.41, 5.74) is 2.90. The molecule has 1 aromatic heterocycles. The molecular formula is C28H45NO4S2Si2. The number of rotatable bonds is 8. The zero-order chi connectivity index (χ0) is 28.0. The van der Waals surface area contributed by atoms with Crippen LogP contribution in [0.1, 0.15) is 53.9 Å². The van der Waals surface area contributed by atoms with Crippen LogP contribution in [-0.4, -0.2) is 46.7 Å². The van der Waals surface area contributed by atoms with Crippen LogP contribution in [0.3, 0.4) is 0 Å². The van der Waals surface area contributed by atoms with Gasteiger partial charge in [0.25, 0.3) is 0 Å². The van der Waals surface area contributed by atoms with Crippen molar-refractivity contribution in [1.82, 2.24) is 4.98 Å². The quantitative estimate of drug-likeness (QED) is 0.256. The molecule has 1 aliphatic carbocycles. The molecule has 37 heavy (non-hydrogen) atoms. The third kappa shape index (κ3) is 6.91. The van der Waals surface area contributed by atoms with E-state index in [4.69, 9.17) is 4.43 Å². The molecule has 1 fully saturated rings. The highest BCUT2D eigenvalue weighted by atomic mass is 32.2. The number of para-hydroxylation sites is 1. The molecule has 2 aromatic rings. The van der Waals surface area contributed by atoms with Gasteiger partial charge in [0.1, 0.15) is 0 Å². The summed E-state index contributed by atoms with van der Waals surface area (Å²) in [4.78, 5) is 15.4. The molecule has 1 aliphatic rings. The Morgan fingerprint density at radius 3 is 2.32 bits per heavy atom. The summed E-state index contributed by atoms with van der Waals surface area (Å²) in [6.45, 7) is 24.0. The van der Waals surface area contributed by atoms with Crippen molar-refractivity contribution in [2.75, 3.05) is 5.75 Å². The Labute approximate surface area is 230 Å². The molecule has 0 aliphatic heterocycles. The van der Waals surface area contributed by atoms with Crippen molar-refractivity contribution in [3.05, 3.63) is 48.1 Å². The molecule has 0 bridgehead atoms. The number of benzene rings is 1.